The Morgan fingerprint density at radius 3 is 2.86 bits per heavy atom. The lowest BCUT2D eigenvalue weighted by atomic mass is 10.3. The first-order valence-electron chi connectivity index (χ1n) is 6.00. The molecule has 0 aliphatic carbocycles. The molecule has 1 unspecified atom stereocenters. The van der Waals surface area contributed by atoms with E-state index in [2.05, 4.69) is 14.7 Å². The van der Waals surface area contributed by atoms with E-state index < -0.39 is 5.97 Å². The maximum absolute atomic E-state index is 12.1. The number of anilines is 1. The van der Waals surface area contributed by atoms with Crippen molar-refractivity contribution in [1.82, 2.24) is 9.97 Å². The molecule has 2 rings (SSSR count). The van der Waals surface area contributed by atoms with Crippen LogP contribution in [-0.4, -0.2) is 45.9 Å². The fourth-order valence-corrected chi connectivity index (χ4v) is 3.28. The lowest BCUT2D eigenvalue weighted by Crippen LogP contribution is -2.29. The number of esters is 1. The zero-order valence-electron chi connectivity index (χ0n) is 11.3. The van der Waals surface area contributed by atoms with Gasteiger partial charge in [0.25, 0.3) is 0 Å². The smallest absolute Gasteiger partial charge is 0.360 e. The molecule has 0 spiro atoms. The number of hydrogen-bond acceptors (Lipinski definition) is 7. The maximum atomic E-state index is 12.1. The second-order valence-corrected chi connectivity index (χ2v) is 6.88. The molecule has 9 heteroatoms. The van der Waals surface area contributed by atoms with Gasteiger partial charge in [0.1, 0.15) is 3.70 Å². The van der Waals surface area contributed by atoms with Gasteiger partial charge in [-0.05, 0) is 22.6 Å². The molecule has 2 heterocycles. The van der Waals surface area contributed by atoms with Crippen molar-refractivity contribution in [3.63, 3.8) is 0 Å². The summed E-state index contributed by atoms with van der Waals surface area (Å²) in [5.74, 6) is -0.653. The summed E-state index contributed by atoms with van der Waals surface area (Å²) in [7, 11) is 1.24. The first-order valence-corrected chi connectivity index (χ1v) is 7.96. The van der Waals surface area contributed by atoms with Crippen LogP contribution in [0.15, 0.2) is 6.20 Å². The van der Waals surface area contributed by atoms with Crippen LogP contribution in [0.1, 0.15) is 23.8 Å². The maximum Gasteiger partial charge on any atom is 0.360 e. The normalized spacial score (nSPS) is 18.0. The van der Waals surface area contributed by atoms with Crippen LogP contribution in [0.4, 0.5) is 5.82 Å². The highest BCUT2D eigenvalue weighted by Crippen LogP contribution is 2.29. The molecule has 1 aliphatic rings. The Kier molecular flexibility index (Phi) is 5.14. The van der Waals surface area contributed by atoms with Gasteiger partial charge in [-0.1, -0.05) is 11.8 Å². The highest BCUT2D eigenvalue weighted by molar-refractivity contribution is 14.1. The third-order valence-electron chi connectivity index (χ3n) is 2.78. The lowest BCUT2D eigenvalue weighted by Gasteiger charge is -2.17. The highest BCUT2D eigenvalue weighted by Gasteiger charge is 2.35. The summed E-state index contributed by atoms with van der Waals surface area (Å²) < 4.78 is 5.20. The van der Waals surface area contributed by atoms with Crippen molar-refractivity contribution in [2.24, 2.45) is 0 Å². The van der Waals surface area contributed by atoms with Crippen molar-refractivity contribution >= 4 is 57.2 Å². The van der Waals surface area contributed by atoms with Crippen molar-refractivity contribution in [1.29, 1.82) is 0 Å². The van der Waals surface area contributed by atoms with Crippen LogP contribution in [0.5, 0.6) is 0 Å². The van der Waals surface area contributed by atoms with Crippen molar-refractivity contribution in [3.05, 3.63) is 15.6 Å². The van der Waals surface area contributed by atoms with E-state index in [1.165, 1.54) is 25.1 Å². The van der Waals surface area contributed by atoms with Crippen LogP contribution < -0.4 is 4.90 Å². The number of aromatic nitrogens is 2. The number of ether oxygens (including phenoxy) is 1. The van der Waals surface area contributed by atoms with E-state index >= 15 is 0 Å². The third kappa shape index (κ3) is 3.70. The van der Waals surface area contributed by atoms with Crippen molar-refractivity contribution in [2.45, 2.75) is 18.6 Å². The fraction of sp³-hybridized carbons (Fsp3) is 0.417. The summed E-state index contributed by atoms with van der Waals surface area (Å²) in [5.41, 5.74) is 0.00576. The minimum atomic E-state index is -0.647. The number of nitrogens with zero attached hydrogens (tertiary/aromatic N) is 3. The van der Waals surface area contributed by atoms with Crippen LogP contribution in [0, 0.1) is 3.70 Å². The second-order valence-electron chi connectivity index (χ2n) is 4.30. The summed E-state index contributed by atoms with van der Waals surface area (Å²) in [6.45, 7) is 1.78. The van der Waals surface area contributed by atoms with Crippen LogP contribution in [0.25, 0.3) is 0 Å². The number of rotatable bonds is 3. The Bertz CT molecular complexity index is 610. The molecule has 1 saturated heterocycles. The van der Waals surface area contributed by atoms with Gasteiger partial charge < -0.3 is 4.74 Å². The zero-order valence-corrected chi connectivity index (χ0v) is 14.3. The van der Waals surface area contributed by atoms with Gasteiger partial charge in [-0.15, -0.1) is 0 Å². The van der Waals surface area contributed by atoms with E-state index in [1.807, 2.05) is 22.6 Å². The average molecular weight is 421 g/mol. The number of halogens is 1. The van der Waals surface area contributed by atoms with Gasteiger partial charge >= 0.3 is 5.97 Å². The minimum absolute atomic E-state index is 0.00576. The first kappa shape index (κ1) is 16.1. The van der Waals surface area contributed by atoms with E-state index in [-0.39, 0.29) is 34.2 Å². The number of methoxy groups -OCH3 is 1. The Hall–Kier alpha value is -1.23. The van der Waals surface area contributed by atoms with Gasteiger partial charge in [0.2, 0.25) is 5.91 Å². The topological polar surface area (TPSA) is 89.5 Å². The SMILES string of the molecule is COC(=O)c1nc(I)cnc1N1CC(SC(C)=O)CC1=O. The minimum Gasteiger partial charge on any atom is -0.464 e. The second kappa shape index (κ2) is 6.69. The number of carbonyl (C=O) groups is 3. The van der Waals surface area contributed by atoms with Gasteiger partial charge in [0.15, 0.2) is 16.6 Å². The number of carbonyl (C=O) groups excluding carboxylic acids is 3. The first-order chi connectivity index (χ1) is 9.92. The molecule has 0 bridgehead atoms. The van der Waals surface area contributed by atoms with Crippen LogP contribution in [0.3, 0.4) is 0 Å². The molecule has 1 amide bonds. The molecule has 1 aromatic heterocycles. The average Bonchev–Trinajstić information content (AvgIpc) is 2.77. The van der Waals surface area contributed by atoms with Gasteiger partial charge in [-0.25, -0.2) is 14.8 Å². The molecule has 0 aromatic carbocycles. The van der Waals surface area contributed by atoms with Crippen LogP contribution in [0.2, 0.25) is 0 Å². The quantitative estimate of drug-likeness (QED) is 0.536. The van der Waals surface area contributed by atoms with E-state index in [0.717, 1.165) is 11.8 Å². The van der Waals surface area contributed by atoms with Gasteiger partial charge in [0.05, 0.1) is 13.3 Å². The summed E-state index contributed by atoms with van der Waals surface area (Å²) in [5, 5.41) is -0.182. The summed E-state index contributed by atoms with van der Waals surface area (Å²) in [4.78, 5) is 44.6. The monoisotopic (exact) mass is 421 g/mol. The molecule has 0 N–H and O–H groups in total. The summed E-state index contributed by atoms with van der Waals surface area (Å²) in [6.07, 6.45) is 1.71. The third-order valence-corrected chi connectivity index (χ3v) is 4.28. The predicted octanol–water partition coefficient (Wildman–Crippen LogP) is 1.25. The van der Waals surface area contributed by atoms with E-state index in [4.69, 9.17) is 0 Å². The molecular formula is C12H12IN3O4S. The fourth-order valence-electron chi connectivity index (χ4n) is 1.99. The number of amides is 1. The van der Waals surface area contributed by atoms with Crippen LogP contribution in [-0.2, 0) is 14.3 Å². The van der Waals surface area contributed by atoms with Gasteiger partial charge in [-0.3, -0.25) is 14.5 Å². The molecule has 1 fully saturated rings. The molecule has 112 valence electrons. The molecule has 7 nitrogen and oxygen atoms in total. The van der Waals surface area contributed by atoms with Crippen molar-refractivity contribution in [2.75, 3.05) is 18.6 Å². The molecular weight excluding hydrogens is 409 g/mol. The zero-order chi connectivity index (χ0) is 15.6. The molecule has 1 aliphatic heterocycles. The summed E-state index contributed by atoms with van der Waals surface area (Å²) >= 11 is 3.05. The van der Waals surface area contributed by atoms with E-state index in [1.54, 1.807) is 0 Å². The molecule has 1 atom stereocenters. The van der Waals surface area contributed by atoms with Crippen molar-refractivity contribution < 1.29 is 19.1 Å². The Balaban J connectivity index is 2.31. The van der Waals surface area contributed by atoms with Crippen molar-refractivity contribution in [3.8, 4) is 0 Å². The largest absolute Gasteiger partial charge is 0.464 e. The predicted molar refractivity (Wildman–Crippen MR) is 85.1 cm³/mol. The Morgan fingerprint density at radius 1 is 1.52 bits per heavy atom. The molecule has 0 radical (unpaired) electrons. The standard InChI is InChI=1S/C12H12IN3O4S/c1-6(17)21-7-3-9(18)16(5-7)11-10(12(19)20-2)15-8(13)4-14-11/h4,7H,3,5H2,1-2H3. The molecule has 21 heavy (non-hydrogen) atoms. The Labute approximate surface area is 139 Å². The van der Waals surface area contributed by atoms with E-state index in [0.29, 0.717) is 10.2 Å². The van der Waals surface area contributed by atoms with E-state index in [9.17, 15) is 14.4 Å². The summed E-state index contributed by atoms with van der Waals surface area (Å²) in [6, 6.07) is 0. The Morgan fingerprint density at radius 2 is 2.24 bits per heavy atom. The number of hydrogen-bond donors (Lipinski definition) is 0. The lowest BCUT2D eigenvalue weighted by molar-refractivity contribution is -0.117. The van der Waals surface area contributed by atoms with Crippen LogP contribution >= 0.6 is 34.4 Å². The molecule has 1 aromatic rings. The number of thioether (sulfide) groups is 1. The van der Waals surface area contributed by atoms with Gasteiger partial charge in [0, 0.05) is 25.1 Å². The van der Waals surface area contributed by atoms with Gasteiger partial charge in [-0.2, -0.15) is 0 Å². The molecule has 0 saturated carbocycles. The highest BCUT2D eigenvalue weighted by atomic mass is 127.